The molecule has 0 radical (unpaired) electrons. The molecule has 5 fully saturated rings. The molecule has 4 aliphatic heterocycles. The number of piperidine rings is 3. The summed E-state index contributed by atoms with van der Waals surface area (Å²) in [5.41, 5.74) is 6.51. The number of hydrogen-bond acceptors (Lipinski definition) is 16. The predicted octanol–water partition coefficient (Wildman–Crippen LogP) is 6.92. The van der Waals surface area contributed by atoms with Crippen LogP contribution in [0, 0.1) is 5.92 Å². The van der Waals surface area contributed by atoms with Gasteiger partial charge in [0.15, 0.2) is 0 Å². The lowest BCUT2D eigenvalue weighted by molar-refractivity contribution is -0.133. The van der Waals surface area contributed by atoms with Gasteiger partial charge in [-0.05, 0) is 116 Å². The first-order valence-corrected chi connectivity index (χ1v) is 27.5. The van der Waals surface area contributed by atoms with Crippen LogP contribution >= 0.6 is 23.1 Å². The normalized spacial score (nSPS) is 20.4. The van der Waals surface area contributed by atoms with E-state index in [-0.39, 0.29) is 11.8 Å². The quantitative estimate of drug-likeness (QED) is 0.0663. The molecule has 0 spiro atoms. The van der Waals surface area contributed by atoms with Crippen molar-refractivity contribution in [1.29, 1.82) is 0 Å². The number of rotatable bonds is 14. The number of carbonyl (C=O) groups is 2. The summed E-state index contributed by atoms with van der Waals surface area (Å²) in [5.74, 6) is 3.06. The molecule has 7 heterocycles. The van der Waals surface area contributed by atoms with Gasteiger partial charge in [-0.1, -0.05) is 0 Å². The van der Waals surface area contributed by atoms with Gasteiger partial charge in [0.05, 0.1) is 33.8 Å². The van der Waals surface area contributed by atoms with E-state index in [1.165, 1.54) is 24.1 Å². The van der Waals surface area contributed by atoms with Gasteiger partial charge in [0.1, 0.15) is 36.1 Å². The largest absolute Gasteiger partial charge is 0.494 e. The molecule has 4 saturated heterocycles. The molecule has 19 heteroatoms. The molecule has 1 aliphatic carbocycles. The summed E-state index contributed by atoms with van der Waals surface area (Å²) >= 11 is 3.63. The van der Waals surface area contributed by atoms with E-state index >= 15 is 0 Å². The third-order valence-corrected chi connectivity index (χ3v) is 16.4. The molecule has 5 aromatic rings. The minimum Gasteiger partial charge on any atom is -0.494 e. The maximum absolute atomic E-state index is 13.6. The highest BCUT2D eigenvalue weighted by Crippen LogP contribution is 2.49. The van der Waals surface area contributed by atoms with Crippen LogP contribution in [0.5, 0.6) is 5.75 Å². The van der Waals surface area contributed by atoms with Crippen molar-refractivity contribution in [2.24, 2.45) is 5.92 Å². The summed E-state index contributed by atoms with van der Waals surface area (Å²) in [5, 5.41) is 13.2. The average Bonchev–Trinajstić information content (AvgIpc) is 4.20. The zero-order chi connectivity index (χ0) is 46.9. The Hall–Kier alpha value is -5.42. The van der Waals surface area contributed by atoms with Crippen LogP contribution in [-0.4, -0.2) is 138 Å². The number of nitrogens with one attached hydrogen (secondary N) is 4. The molecule has 2 aromatic carbocycles. The maximum atomic E-state index is 13.6. The molecule has 3 aromatic heterocycles. The molecule has 4 N–H and O–H groups in total. The fraction of sp³-hybridized carbons (Fsp3) is 0.490. The lowest BCUT2D eigenvalue weighted by Gasteiger charge is -2.44. The van der Waals surface area contributed by atoms with E-state index in [1.54, 1.807) is 45.2 Å². The zero-order valence-corrected chi connectivity index (χ0v) is 41.6. The van der Waals surface area contributed by atoms with Gasteiger partial charge in [-0.3, -0.25) is 29.8 Å². The van der Waals surface area contributed by atoms with Gasteiger partial charge in [0, 0.05) is 120 Å². The summed E-state index contributed by atoms with van der Waals surface area (Å²) in [6.45, 7) is 13.2. The molecule has 0 bridgehead atoms. The number of amides is 2. The van der Waals surface area contributed by atoms with Gasteiger partial charge in [0.25, 0.3) is 0 Å². The smallest absolute Gasteiger partial charge is 0.249 e. The first-order valence-electron chi connectivity index (χ1n) is 24.1. The summed E-state index contributed by atoms with van der Waals surface area (Å²) in [7, 11) is -1.05. The molecule has 1 atom stereocenters. The van der Waals surface area contributed by atoms with Crippen LogP contribution in [0.1, 0.15) is 62.8 Å². The van der Waals surface area contributed by atoms with E-state index in [0.717, 1.165) is 102 Å². The molecular weight excluding hydrogens is 946 g/mol. The minimum absolute atomic E-state index is 0.215. The monoisotopic (exact) mass is 1010 g/mol. The van der Waals surface area contributed by atoms with Crippen LogP contribution < -0.4 is 41.1 Å². The molecule has 1 saturated carbocycles. The Morgan fingerprint density at radius 1 is 0.809 bits per heavy atom. The number of nitrogens with zero attached hydrogens (tertiary/aromatic N) is 9. The highest BCUT2D eigenvalue weighted by Gasteiger charge is 2.34. The molecule has 68 heavy (non-hydrogen) atoms. The van der Waals surface area contributed by atoms with Crippen molar-refractivity contribution in [2.75, 3.05) is 105 Å². The van der Waals surface area contributed by atoms with Gasteiger partial charge in [-0.15, -0.1) is 0 Å². The Morgan fingerprint density at radius 3 is 2.31 bits per heavy atom. The van der Waals surface area contributed by atoms with Crippen LogP contribution in [0.4, 0.5) is 40.3 Å². The van der Waals surface area contributed by atoms with E-state index in [0.29, 0.717) is 74.8 Å². The van der Waals surface area contributed by atoms with Crippen LogP contribution in [0.15, 0.2) is 65.7 Å². The number of piperazine rings is 1. The van der Waals surface area contributed by atoms with Crippen molar-refractivity contribution >= 4 is 91.6 Å². The highest BCUT2D eigenvalue weighted by molar-refractivity contribution is 9.10. The van der Waals surface area contributed by atoms with E-state index in [1.807, 2.05) is 24.3 Å². The number of halogens is 1. The van der Waals surface area contributed by atoms with Crippen molar-refractivity contribution in [3.63, 3.8) is 0 Å². The highest BCUT2D eigenvalue weighted by atomic mass is 79.9. The number of benzene rings is 2. The maximum Gasteiger partial charge on any atom is 0.249 e. The number of carbonyl (C=O) groups excluding carboxylic acids is 2. The Morgan fingerprint density at radius 2 is 1.57 bits per heavy atom. The molecule has 1 unspecified atom stereocenters. The third-order valence-electron chi connectivity index (χ3n) is 14.3. The Labute approximate surface area is 406 Å². The standard InChI is InChI=1S/C49H61BrN13O4P/c1-67-42-28-41(35(32-4-5-32)27-40(42)57-49-54-29-36(50)47(59-49)56-38-7-6-37-45(53-17-16-51-37)46(38)68(2,3)66)63-20-13-33(14-21-63)62-24-22-60(23-25-62)30-31-11-18-61(19-12-31)34-10-15-52-43(26-34)55-39-8-9-44(64)58-48(39)65/h6-7,10,15-17,26-29,31-33,39H,4-5,8-9,11-14,18-25,30H2,1-3H3,(H,52,55)(H,58,64,65)(H2,54,56,57,59). The number of hydrogen-bond donors (Lipinski definition) is 4. The van der Waals surface area contributed by atoms with Crippen molar-refractivity contribution in [3.05, 3.63) is 71.2 Å². The number of anilines is 7. The third kappa shape index (κ3) is 10.4. The van der Waals surface area contributed by atoms with Gasteiger partial charge in [0.2, 0.25) is 17.8 Å². The molecule has 5 aliphatic rings. The van der Waals surface area contributed by atoms with Crippen LogP contribution in [0.3, 0.4) is 0 Å². The second-order valence-electron chi connectivity index (χ2n) is 19.3. The van der Waals surface area contributed by atoms with Gasteiger partial charge in [-0.2, -0.15) is 4.98 Å². The summed E-state index contributed by atoms with van der Waals surface area (Å²) in [4.78, 5) is 57.2. The molecular formula is C49H61BrN13O4P. The van der Waals surface area contributed by atoms with Gasteiger partial charge >= 0.3 is 0 Å². The summed E-state index contributed by atoms with van der Waals surface area (Å²) in [6.07, 6.45) is 14.5. The van der Waals surface area contributed by atoms with E-state index in [4.69, 9.17) is 9.72 Å². The second-order valence-corrected chi connectivity index (χ2v) is 23.3. The summed E-state index contributed by atoms with van der Waals surface area (Å²) < 4.78 is 20.3. The molecule has 17 nitrogen and oxygen atoms in total. The Kier molecular flexibility index (Phi) is 13.6. The van der Waals surface area contributed by atoms with Gasteiger partial charge in [-0.25, -0.2) is 9.97 Å². The minimum atomic E-state index is -2.77. The fourth-order valence-corrected chi connectivity index (χ4v) is 12.2. The molecule has 2 amide bonds. The van der Waals surface area contributed by atoms with E-state index in [9.17, 15) is 14.2 Å². The first kappa shape index (κ1) is 46.3. The predicted molar refractivity (Wildman–Crippen MR) is 272 cm³/mol. The van der Waals surface area contributed by atoms with Gasteiger partial charge < -0.3 is 40.0 Å². The second kappa shape index (κ2) is 19.9. The number of methoxy groups -OCH3 is 1. The van der Waals surface area contributed by atoms with Crippen molar-refractivity contribution in [2.45, 2.75) is 69.4 Å². The van der Waals surface area contributed by atoms with Crippen LogP contribution in [0.2, 0.25) is 0 Å². The number of aromatic nitrogens is 5. The number of pyridine rings is 1. The Balaban J connectivity index is 0.721. The zero-order valence-electron chi connectivity index (χ0n) is 39.1. The lowest BCUT2D eigenvalue weighted by Crippen LogP contribution is -2.54. The number of fused-ring (bicyclic) bond motifs is 1. The lowest BCUT2D eigenvalue weighted by atomic mass is 9.95. The van der Waals surface area contributed by atoms with E-state index in [2.05, 4.69) is 88.9 Å². The van der Waals surface area contributed by atoms with Crippen LogP contribution in [0.25, 0.3) is 11.0 Å². The molecule has 10 rings (SSSR count). The van der Waals surface area contributed by atoms with Crippen molar-refractivity contribution < 1.29 is 18.9 Å². The average molecular weight is 1010 g/mol. The number of imide groups is 1. The van der Waals surface area contributed by atoms with Crippen molar-refractivity contribution in [3.8, 4) is 5.75 Å². The van der Waals surface area contributed by atoms with E-state index < -0.39 is 13.2 Å². The molecule has 358 valence electrons. The Bertz CT molecular complexity index is 2710. The number of ether oxygens (including phenoxy) is 1. The summed E-state index contributed by atoms with van der Waals surface area (Å²) in [6, 6.07) is 12.4. The SMILES string of the molecule is COc1cc(N2CCC(N3CCN(CC4CCN(c5ccnc(NC6CCC(=O)NC6=O)c5)CC4)CC3)CC2)c(C2CC2)cc1Nc1ncc(Br)c(Nc2ccc3nccnc3c2P(C)(C)=O)n1. The van der Waals surface area contributed by atoms with Crippen LogP contribution in [-0.2, 0) is 14.2 Å². The first-order chi connectivity index (χ1) is 32.9. The van der Waals surface area contributed by atoms with Crippen molar-refractivity contribution in [1.82, 2.24) is 40.0 Å². The topological polar surface area (TPSA) is 186 Å². The fourth-order valence-electron chi connectivity index (χ4n) is 10.5.